The van der Waals surface area contributed by atoms with Gasteiger partial charge in [0.25, 0.3) is 0 Å². The van der Waals surface area contributed by atoms with Gasteiger partial charge < -0.3 is 19.9 Å². The number of nitrogens with one attached hydrogen (secondary N) is 1. The zero-order chi connectivity index (χ0) is 20.8. The minimum absolute atomic E-state index is 0.221. The van der Waals surface area contributed by atoms with E-state index in [4.69, 9.17) is 14.6 Å². The topological polar surface area (TPSA) is 67.8 Å². The van der Waals surface area contributed by atoms with Crippen molar-refractivity contribution in [1.29, 1.82) is 0 Å². The fraction of sp³-hybridized carbons (Fsp3) is 0.136. The summed E-state index contributed by atoms with van der Waals surface area (Å²) >= 11 is 3.51. The first kappa shape index (κ1) is 20.7. The van der Waals surface area contributed by atoms with Gasteiger partial charge in [0, 0.05) is 12.2 Å². The third-order valence-electron chi connectivity index (χ3n) is 4.19. The Hall–Kier alpha value is -3.06. The molecule has 0 bridgehead atoms. The molecule has 0 unspecified atom stereocenters. The van der Waals surface area contributed by atoms with Crippen LogP contribution in [0.2, 0.25) is 0 Å². The van der Waals surface area contributed by atoms with Crippen LogP contribution in [-0.4, -0.2) is 18.2 Å². The maximum atomic E-state index is 13.0. The summed E-state index contributed by atoms with van der Waals surface area (Å²) in [6.45, 7) is 0.741. The first-order chi connectivity index (χ1) is 14.0. The molecule has 3 aromatic rings. The zero-order valence-corrected chi connectivity index (χ0v) is 17.2. The van der Waals surface area contributed by atoms with Crippen molar-refractivity contribution in [1.82, 2.24) is 0 Å². The molecular formula is C22H19BrFNO4. The molecule has 0 aliphatic carbocycles. The van der Waals surface area contributed by atoms with Crippen molar-refractivity contribution in [2.24, 2.45) is 0 Å². The summed E-state index contributed by atoms with van der Waals surface area (Å²) < 4.78 is 25.1. The molecule has 29 heavy (non-hydrogen) atoms. The van der Waals surface area contributed by atoms with Gasteiger partial charge >= 0.3 is 5.97 Å². The van der Waals surface area contributed by atoms with Crippen LogP contribution in [0.5, 0.6) is 11.5 Å². The van der Waals surface area contributed by atoms with E-state index in [0.29, 0.717) is 23.7 Å². The van der Waals surface area contributed by atoms with E-state index in [0.717, 1.165) is 15.6 Å². The van der Waals surface area contributed by atoms with Crippen LogP contribution in [0.25, 0.3) is 0 Å². The lowest BCUT2D eigenvalue weighted by molar-refractivity contribution is 0.0697. The number of ether oxygens (including phenoxy) is 2. The highest BCUT2D eigenvalue weighted by atomic mass is 79.9. The Kier molecular flexibility index (Phi) is 6.72. The predicted molar refractivity (Wildman–Crippen MR) is 112 cm³/mol. The smallest absolute Gasteiger partial charge is 0.335 e. The van der Waals surface area contributed by atoms with Crippen molar-refractivity contribution in [3.8, 4) is 11.5 Å². The molecule has 7 heteroatoms. The fourth-order valence-electron chi connectivity index (χ4n) is 2.72. The number of benzene rings is 3. The van der Waals surface area contributed by atoms with Crippen LogP contribution in [0.4, 0.5) is 10.1 Å². The van der Waals surface area contributed by atoms with Gasteiger partial charge in [-0.15, -0.1) is 0 Å². The SMILES string of the molecule is COc1cc(CNc2cccc(C(=O)O)c2)cc(Br)c1OCc1ccc(F)cc1. The van der Waals surface area contributed by atoms with Gasteiger partial charge in [-0.05, 0) is 69.5 Å². The van der Waals surface area contributed by atoms with Crippen molar-refractivity contribution in [2.45, 2.75) is 13.2 Å². The van der Waals surface area contributed by atoms with Crippen LogP contribution in [0.3, 0.4) is 0 Å². The van der Waals surface area contributed by atoms with E-state index in [2.05, 4.69) is 21.2 Å². The van der Waals surface area contributed by atoms with Crippen molar-refractivity contribution in [2.75, 3.05) is 12.4 Å². The average Bonchev–Trinajstić information content (AvgIpc) is 2.72. The van der Waals surface area contributed by atoms with Crippen LogP contribution < -0.4 is 14.8 Å². The number of rotatable bonds is 8. The minimum Gasteiger partial charge on any atom is -0.493 e. The van der Waals surface area contributed by atoms with E-state index >= 15 is 0 Å². The number of hydrogen-bond donors (Lipinski definition) is 2. The molecule has 0 amide bonds. The zero-order valence-electron chi connectivity index (χ0n) is 15.6. The van der Waals surface area contributed by atoms with Gasteiger partial charge in [0.05, 0.1) is 17.1 Å². The van der Waals surface area contributed by atoms with Crippen LogP contribution in [0.15, 0.2) is 65.1 Å². The number of hydrogen-bond acceptors (Lipinski definition) is 4. The molecule has 0 heterocycles. The summed E-state index contributed by atoms with van der Waals surface area (Å²) in [7, 11) is 1.56. The molecule has 2 N–H and O–H groups in total. The second-order valence-corrected chi connectivity index (χ2v) is 7.12. The molecule has 0 aromatic heterocycles. The van der Waals surface area contributed by atoms with E-state index in [1.54, 1.807) is 43.5 Å². The maximum absolute atomic E-state index is 13.0. The average molecular weight is 460 g/mol. The second kappa shape index (κ2) is 9.43. The van der Waals surface area contributed by atoms with E-state index < -0.39 is 5.97 Å². The van der Waals surface area contributed by atoms with Crippen molar-refractivity contribution < 1.29 is 23.8 Å². The number of methoxy groups -OCH3 is 1. The Balaban J connectivity index is 1.71. The summed E-state index contributed by atoms with van der Waals surface area (Å²) in [5.74, 6) is -0.162. The fourth-order valence-corrected chi connectivity index (χ4v) is 3.32. The van der Waals surface area contributed by atoms with Gasteiger partial charge in [-0.25, -0.2) is 9.18 Å². The first-order valence-corrected chi connectivity index (χ1v) is 9.56. The van der Waals surface area contributed by atoms with Gasteiger partial charge in [0.15, 0.2) is 11.5 Å². The number of carboxylic acid groups (broad SMARTS) is 1. The van der Waals surface area contributed by atoms with Gasteiger partial charge in [0.1, 0.15) is 12.4 Å². The number of anilines is 1. The Bertz CT molecular complexity index is 1010. The summed E-state index contributed by atoms with van der Waals surface area (Å²) in [5.41, 5.74) is 2.68. The molecule has 0 saturated heterocycles. The predicted octanol–water partition coefficient (Wildman–Crippen LogP) is 5.49. The molecule has 0 aliphatic heterocycles. The molecule has 3 aromatic carbocycles. The first-order valence-electron chi connectivity index (χ1n) is 8.77. The molecule has 0 saturated carbocycles. The van der Waals surface area contributed by atoms with E-state index in [1.807, 2.05) is 12.1 Å². The number of carboxylic acids is 1. The summed E-state index contributed by atoms with van der Waals surface area (Å²) in [6.07, 6.45) is 0. The molecule has 0 radical (unpaired) electrons. The molecule has 3 rings (SSSR count). The monoisotopic (exact) mass is 459 g/mol. The normalized spacial score (nSPS) is 10.4. The number of halogens is 2. The molecule has 0 aliphatic rings. The lowest BCUT2D eigenvalue weighted by Crippen LogP contribution is -2.04. The van der Waals surface area contributed by atoms with Crippen molar-refractivity contribution in [3.05, 3.63) is 87.6 Å². The Morgan fingerprint density at radius 3 is 2.55 bits per heavy atom. The number of aromatic carboxylic acids is 1. The van der Waals surface area contributed by atoms with Crippen molar-refractivity contribution >= 4 is 27.6 Å². The Morgan fingerprint density at radius 1 is 1.10 bits per heavy atom. The van der Waals surface area contributed by atoms with Crippen molar-refractivity contribution in [3.63, 3.8) is 0 Å². The summed E-state index contributed by atoms with van der Waals surface area (Å²) in [5, 5.41) is 12.3. The number of carbonyl (C=O) groups is 1. The quantitative estimate of drug-likeness (QED) is 0.466. The molecule has 5 nitrogen and oxygen atoms in total. The third kappa shape index (κ3) is 5.48. The summed E-state index contributed by atoms with van der Waals surface area (Å²) in [4.78, 5) is 11.1. The van der Waals surface area contributed by atoms with Crippen LogP contribution >= 0.6 is 15.9 Å². The molecule has 0 atom stereocenters. The molecule has 0 fully saturated rings. The Labute approximate surface area is 176 Å². The molecule has 0 spiro atoms. The lowest BCUT2D eigenvalue weighted by atomic mass is 10.1. The molecular weight excluding hydrogens is 441 g/mol. The van der Waals surface area contributed by atoms with Gasteiger partial charge in [0.2, 0.25) is 0 Å². The lowest BCUT2D eigenvalue weighted by Gasteiger charge is -2.15. The maximum Gasteiger partial charge on any atom is 0.335 e. The highest BCUT2D eigenvalue weighted by Crippen LogP contribution is 2.37. The highest BCUT2D eigenvalue weighted by Gasteiger charge is 2.12. The van der Waals surface area contributed by atoms with E-state index in [-0.39, 0.29) is 18.0 Å². The summed E-state index contributed by atoms with van der Waals surface area (Å²) in [6, 6.07) is 16.5. The van der Waals surface area contributed by atoms with Gasteiger partial charge in [-0.3, -0.25) is 0 Å². The standard InChI is InChI=1S/C22H19BrFNO4/c1-28-20-10-15(12-25-18-4-2-3-16(11-18)22(26)27)9-19(23)21(20)29-13-14-5-7-17(24)8-6-14/h2-11,25H,12-13H2,1H3,(H,26,27). The van der Waals surface area contributed by atoms with Gasteiger partial charge in [-0.2, -0.15) is 0 Å². The Morgan fingerprint density at radius 2 is 1.86 bits per heavy atom. The largest absolute Gasteiger partial charge is 0.493 e. The van der Waals surface area contributed by atoms with Crippen LogP contribution in [-0.2, 0) is 13.2 Å². The third-order valence-corrected chi connectivity index (χ3v) is 4.78. The van der Waals surface area contributed by atoms with E-state index in [1.165, 1.54) is 12.1 Å². The van der Waals surface area contributed by atoms with Gasteiger partial charge in [-0.1, -0.05) is 18.2 Å². The van der Waals surface area contributed by atoms with Crippen LogP contribution in [0.1, 0.15) is 21.5 Å². The minimum atomic E-state index is -0.972. The van der Waals surface area contributed by atoms with E-state index in [9.17, 15) is 9.18 Å². The highest BCUT2D eigenvalue weighted by molar-refractivity contribution is 9.10. The van der Waals surface area contributed by atoms with Crippen LogP contribution in [0, 0.1) is 5.82 Å². The molecule has 150 valence electrons. The second-order valence-electron chi connectivity index (χ2n) is 6.26.